The van der Waals surface area contributed by atoms with Crippen molar-refractivity contribution in [2.75, 3.05) is 17.7 Å². The first-order valence-electron chi connectivity index (χ1n) is 8.95. The Labute approximate surface area is 166 Å². The quantitative estimate of drug-likeness (QED) is 0.523. The predicted molar refractivity (Wildman–Crippen MR) is 111 cm³/mol. The molecule has 1 atom stereocenters. The minimum Gasteiger partial charge on any atom is -0.491 e. The first-order valence-corrected chi connectivity index (χ1v) is 10.8. The van der Waals surface area contributed by atoms with E-state index in [-0.39, 0.29) is 6.61 Å². The van der Waals surface area contributed by atoms with Crippen LogP contribution in [0.3, 0.4) is 0 Å². The number of benzene rings is 2. The van der Waals surface area contributed by atoms with Gasteiger partial charge in [0, 0.05) is 11.8 Å². The van der Waals surface area contributed by atoms with Crippen LogP contribution in [0.2, 0.25) is 0 Å². The van der Waals surface area contributed by atoms with Gasteiger partial charge in [0.2, 0.25) is 5.13 Å². The van der Waals surface area contributed by atoms with Crippen molar-refractivity contribution in [3.8, 4) is 16.9 Å². The Hall–Kier alpha value is -2.09. The van der Waals surface area contributed by atoms with Crippen LogP contribution >= 0.6 is 23.1 Å². The molecule has 3 aromatic rings. The smallest absolute Gasteiger partial charge is 0.206 e. The molecule has 4 rings (SSSR count). The van der Waals surface area contributed by atoms with Gasteiger partial charge in [-0.25, -0.2) is 0 Å². The summed E-state index contributed by atoms with van der Waals surface area (Å²) in [6.07, 6.45) is 1.86. The molecule has 1 fully saturated rings. The molecule has 0 bridgehead atoms. The van der Waals surface area contributed by atoms with E-state index < -0.39 is 6.10 Å². The molecule has 0 aliphatic heterocycles. The zero-order valence-corrected chi connectivity index (χ0v) is 16.4. The van der Waals surface area contributed by atoms with Crippen molar-refractivity contribution in [3.63, 3.8) is 0 Å². The van der Waals surface area contributed by atoms with Crippen molar-refractivity contribution >= 4 is 28.2 Å². The highest BCUT2D eigenvalue weighted by molar-refractivity contribution is 8.01. The third-order valence-corrected chi connectivity index (χ3v) is 6.25. The maximum absolute atomic E-state index is 10.2. The average Bonchev–Trinajstić information content (AvgIpc) is 3.42. The predicted octanol–water partition coefficient (Wildman–Crippen LogP) is 4.31. The molecular weight excluding hydrogens is 378 g/mol. The Kier molecular flexibility index (Phi) is 5.91. The van der Waals surface area contributed by atoms with E-state index >= 15 is 0 Å². The number of aliphatic hydroxyl groups excluding tert-OH is 1. The number of nitrogens with one attached hydrogen (secondary N) is 1. The zero-order valence-electron chi connectivity index (χ0n) is 14.7. The number of hydrogen-bond acceptors (Lipinski definition) is 7. The maximum atomic E-state index is 10.2. The third kappa shape index (κ3) is 5.45. The molecule has 2 N–H and O–H groups in total. The number of aromatic nitrogens is 2. The van der Waals surface area contributed by atoms with Gasteiger partial charge in [-0.2, -0.15) is 0 Å². The Balaban J connectivity index is 1.21. The van der Waals surface area contributed by atoms with E-state index in [0.29, 0.717) is 11.8 Å². The topological polar surface area (TPSA) is 67.3 Å². The van der Waals surface area contributed by atoms with Crippen LogP contribution in [-0.2, 0) is 0 Å². The largest absolute Gasteiger partial charge is 0.491 e. The summed E-state index contributed by atoms with van der Waals surface area (Å²) in [5.74, 6) is 1.28. The fraction of sp³-hybridized carbons (Fsp3) is 0.300. The molecule has 5 nitrogen and oxygen atoms in total. The Morgan fingerprint density at radius 2 is 1.81 bits per heavy atom. The number of rotatable bonds is 9. The van der Waals surface area contributed by atoms with Crippen molar-refractivity contribution in [2.45, 2.75) is 29.3 Å². The summed E-state index contributed by atoms with van der Waals surface area (Å²) in [6, 6.07) is 18.7. The van der Waals surface area contributed by atoms with Crippen molar-refractivity contribution in [1.29, 1.82) is 0 Å². The molecule has 1 saturated carbocycles. The van der Waals surface area contributed by atoms with Crippen LogP contribution < -0.4 is 10.1 Å². The van der Waals surface area contributed by atoms with Gasteiger partial charge < -0.3 is 15.2 Å². The summed E-state index contributed by atoms with van der Waals surface area (Å²) in [4.78, 5) is 0. The second-order valence-electron chi connectivity index (χ2n) is 6.46. The first kappa shape index (κ1) is 18.3. The molecule has 2 aromatic carbocycles. The van der Waals surface area contributed by atoms with Gasteiger partial charge in [0.15, 0.2) is 4.34 Å². The number of thioether (sulfide) groups is 1. The number of aliphatic hydroxyl groups is 1. The van der Waals surface area contributed by atoms with Crippen LogP contribution in [0, 0.1) is 0 Å². The molecule has 27 heavy (non-hydrogen) atoms. The van der Waals surface area contributed by atoms with Crippen LogP contribution in [-0.4, -0.2) is 39.8 Å². The van der Waals surface area contributed by atoms with Gasteiger partial charge in [0.05, 0.1) is 6.10 Å². The standard InChI is InChI=1S/C20H21N3O2S2/c24-17(13-26-20-23-22-19(27-20)21-16-8-9-16)12-25-18-10-6-15(7-11-18)14-4-2-1-3-5-14/h1-7,10-11,16-17,24H,8-9,12-13H2,(H,21,22)/t17-/m0/s1. The highest BCUT2D eigenvalue weighted by Gasteiger charge is 2.22. The summed E-state index contributed by atoms with van der Waals surface area (Å²) in [5.41, 5.74) is 2.32. The first-order chi connectivity index (χ1) is 13.3. The van der Waals surface area contributed by atoms with Gasteiger partial charge in [0.25, 0.3) is 0 Å². The van der Waals surface area contributed by atoms with Crippen molar-refractivity contribution in [3.05, 3.63) is 54.6 Å². The average molecular weight is 400 g/mol. The van der Waals surface area contributed by atoms with Gasteiger partial charge in [-0.3, -0.25) is 0 Å². The molecular formula is C20H21N3O2S2. The second-order valence-corrected chi connectivity index (χ2v) is 8.70. The lowest BCUT2D eigenvalue weighted by molar-refractivity contribution is 0.126. The molecule has 7 heteroatoms. The van der Waals surface area contributed by atoms with Gasteiger partial charge in [-0.15, -0.1) is 10.2 Å². The fourth-order valence-electron chi connectivity index (χ4n) is 2.51. The Morgan fingerprint density at radius 1 is 1.07 bits per heavy atom. The van der Waals surface area contributed by atoms with E-state index in [4.69, 9.17) is 4.74 Å². The van der Waals surface area contributed by atoms with Crippen molar-refractivity contribution in [2.24, 2.45) is 0 Å². The molecule has 0 saturated heterocycles. The zero-order chi connectivity index (χ0) is 18.5. The van der Waals surface area contributed by atoms with Crippen molar-refractivity contribution < 1.29 is 9.84 Å². The fourth-order valence-corrected chi connectivity index (χ4v) is 4.27. The van der Waals surface area contributed by atoms with Gasteiger partial charge >= 0.3 is 0 Å². The molecule has 0 unspecified atom stereocenters. The van der Waals surface area contributed by atoms with Gasteiger partial charge in [-0.1, -0.05) is 65.6 Å². The SMILES string of the molecule is O[C@@H](COc1ccc(-c2ccccc2)cc1)CSc1nnc(NC2CC2)s1. The van der Waals surface area contributed by atoms with Gasteiger partial charge in [-0.05, 0) is 36.1 Å². The summed E-state index contributed by atoms with van der Waals surface area (Å²) in [6.45, 7) is 0.254. The van der Waals surface area contributed by atoms with Crippen molar-refractivity contribution in [1.82, 2.24) is 10.2 Å². The lowest BCUT2D eigenvalue weighted by Crippen LogP contribution is -2.20. The third-order valence-electron chi connectivity index (χ3n) is 4.11. The summed E-state index contributed by atoms with van der Waals surface area (Å²) in [5, 5.41) is 22.6. The van der Waals surface area contributed by atoms with Crippen LogP contribution in [0.25, 0.3) is 11.1 Å². The molecule has 0 spiro atoms. The van der Waals surface area contributed by atoms with Crippen LogP contribution in [0.1, 0.15) is 12.8 Å². The van der Waals surface area contributed by atoms with E-state index in [0.717, 1.165) is 20.8 Å². The lowest BCUT2D eigenvalue weighted by atomic mass is 10.1. The molecule has 1 aliphatic rings. The Bertz CT molecular complexity index is 851. The summed E-state index contributed by atoms with van der Waals surface area (Å²) < 4.78 is 6.57. The molecule has 0 radical (unpaired) electrons. The normalized spacial score (nSPS) is 14.7. The van der Waals surface area contributed by atoms with Crippen LogP contribution in [0.4, 0.5) is 5.13 Å². The van der Waals surface area contributed by atoms with Crippen LogP contribution in [0.5, 0.6) is 5.75 Å². The number of ether oxygens (including phenoxy) is 1. The Morgan fingerprint density at radius 3 is 2.56 bits per heavy atom. The highest BCUT2D eigenvalue weighted by Crippen LogP contribution is 2.30. The molecule has 1 heterocycles. The van der Waals surface area contributed by atoms with Gasteiger partial charge in [0.1, 0.15) is 12.4 Å². The van der Waals surface area contributed by atoms with E-state index in [1.165, 1.54) is 41.5 Å². The molecule has 140 valence electrons. The van der Waals surface area contributed by atoms with Crippen LogP contribution in [0.15, 0.2) is 58.9 Å². The molecule has 1 aliphatic carbocycles. The van der Waals surface area contributed by atoms with E-state index in [2.05, 4.69) is 27.6 Å². The maximum Gasteiger partial charge on any atom is 0.206 e. The minimum atomic E-state index is -0.562. The second kappa shape index (κ2) is 8.73. The lowest BCUT2D eigenvalue weighted by Gasteiger charge is -2.11. The molecule has 1 aromatic heterocycles. The number of hydrogen-bond donors (Lipinski definition) is 2. The highest BCUT2D eigenvalue weighted by atomic mass is 32.2. The molecule has 0 amide bonds. The van der Waals surface area contributed by atoms with E-state index in [9.17, 15) is 5.11 Å². The summed E-state index contributed by atoms with van der Waals surface area (Å²) >= 11 is 3.04. The van der Waals surface area contributed by atoms with E-state index in [1.807, 2.05) is 42.5 Å². The number of anilines is 1. The monoisotopic (exact) mass is 399 g/mol. The summed E-state index contributed by atoms with van der Waals surface area (Å²) in [7, 11) is 0. The minimum absolute atomic E-state index is 0.254. The number of nitrogens with zero attached hydrogens (tertiary/aromatic N) is 2. The van der Waals surface area contributed by atoms with E-state index in [1.54, 1.807) is 0 Å².